The fourth-order valence-corrected chi connectivity index (χ4v) is 3.32. The van der Waals surface area contributed by atoms with Gasteiger partial charge >= 0.3 is 0 Å². The number of nitrogens with one attached hydrogen (secondary N) is 1. The van der Waals surface area contributed by atoms with E-state index in [4.69, 9.17) is 19.2 Å². The van der Waals surface area contributed by atoms with E-state index in [1.807, 2.05) is 12.1 Å². The molecule has 4 rings (SSSR count). The lowest BCUT2D eigenvalue weighted by molar-refractivity contribution is -0.122. The molecule has 2 heterocycles. The van der Waals surface area contributed by atoms with E-state index < -0.39 is 12.0 Å². The molecule has 8 heteroatoms. The maximum absolute atomic E-state index is 13.1. The summed E-state index contributed by atoms with van der Waals surface area (Å²) in [5.41, 5.74) is 1.34. The summed E-state index contributed by atoms with van der Waals surface area (Å²) in [6.45, 7) is 3.45. The summed E-state index contributed by atoms with van der Waals surface area (Å²) < 4.78 is 16.8. The van der Waals surface area contributed by atoms with Crippen LogP contribution in [0.5, 0.6) is 5.75 Å². The van der Waals surface area contributed by atoms with Crippen molar-refractivity contribution in [2.45, 2.75) is 13.0 Å². The second-order valence-electron chi connectivity index (χ2n) is 7.09. The van der Waals surface area contributed by atoms with Crippen molar-refractivity contribution in [3.63, 3.8) is 0 Å². The number of carbonyl (C=O) groups excluding carboxylic acids is 2. The molecule has 0 spiro atoms. The van der Waals surface area contributed by atoms with Gasteiger partial charge < -0.3 is 24.1 Å². The number of ether oxygens (including phenoxy) is 2. The van der Waals surface area contributed by atoms with E-state index in [0.29, 0.717) is 54.3 Å². The first-order valence-electron chi connectivity index (χ1n) is 9.93. The highest BCUT2D eigenvalue weighted by Crippen LogP contribution is 2.32. The predicted molar refractivity (Wildman–Crippen MR) is 113 cm³/mol. The maximum Gasteiger partial charge on any atom is 0.291 e. The van der Waals surface area contributed by atoms with Crippen LogP contribution in [0.2, 0.25) is 0 Å². The molecule has 2 aromatic carbocycles. The largest absolute Gasteiger partial charge is 0.481 e. The number of furan rings is 1. The van der Waals surface area contributed by atoms with Crippen LogP contribution in [0.15, 0.2) is 52.9 Å². The van der Waals surface area contributed by atoms with Gasteiger partial charge in [-0.25, -0.2) is 0 Å². The Kier molecular flexibility index (Phi) is 5.87. The number of hydrogen-bond acceptors (Lipinski definition) is 6. The van der Waals surface area contributed by atoms with Gasteiger partial charge in [0, 0.05) is 18.5 Å². The van der Waals surface area contributed by atoms with Crippen LogP contribution in [0, 0.1) is 11.3 Å². The van der Waals surface area contributed by atoms with E-state index in [0.717, 1.165) is 0 Å². The number of hydrogen-bond donors (Lipinski definition) is 1. The van der Waals surface area contributed by atoms with Crippen LogP contribution in [0.3, 0.4) is 0 Å². The Balaban J connectivity index is 1.56. The molecule has 1 atom stereocenters. The van der Waals surface area contributed by atoms with Crippen molar-refractivity contribution in [2.75, 3.05) is 31.6 Å². The Bertz CT molecular complexity index is 1140. The zero-order valence-corrected chi connectivity index (χ0v) is 17.0. The average molecular weight is 419 g/mol. The molecule has 31 heavy (non-hydrogen) atoms. The third-order valence-corrected chi connectivity index (χ3v) is 5.00. The maximum atomic E-state index is 13.1. The second kappa shape index (κ2) is 8.90. The van der Waals surface area contributed by atoms with Gasteiger partial charge in [-0.2, -0.15) is 5.26 Å². The SMILES string of the molecule is CC(Oc1ccc(C#N)cc1)C(=O)Nc1c(C(=O)N2CCOCC2)oc2ccccc12. The Morgan fingerprint density at radius 1 is 1.13 bits per heavy atom. The number of rotatable bonds is 5. The molecule has 0 bridgehead atoms. The molecular formula is C23H21N3O5. The van der Waals surface area contributed by atoms with Crippen molar-refractivity contribution in [1.82, 2.24) is 4.90 Å². The molecule has 0 aliphatic carbocycles. The lowest BCUT2D eigenvalue weighted by atomic mass is 10.2. The highest BCUT2D eigenvalue weighted by molar-refractivity contribution is 6.11. The lowest BCUT2D eigenvalue weighted by Gasteiger charge is -2.26. The molecule has 1 aliphatic heterocycles. The molecule has 158 valence electrons. The molecule has 8 nitrogen and oxygen atoms in total. The number of nitriles is 1. The minimum Gasteiger partial charge on any atom is -0.481 e. The van der Waals surface area contributed by atoms with Crippen molar-refractivity contribution in [3.05, 3.63) is 59.9 Å². The van der Waals surface area contributed by atoms with E-state index >= 15 is 0 Å². The first-order chi connectivity index (χ1) is 15.1. The van der Waals surface area contributed by atoms with E-state index in [1.165, 1.54) is 0 Å². The number of amides is 2. The average Bonchev–Trinajstić information content (AvgIpc) is 3.18. The van der Waals surface area contributed by atoms with Crippen LogP contribution in [-0.4, -0.2) is 49.1 Å². The van der Waals surface area contributed by atoms with Gasteiger partial charge in [-0.1, -0.05) is 12.1 Å². The number of morpholine rings is 1. The summed E-state index contributed by atoms with van der Waals surface area (Å²) in [5, 5.41) is 12.3. The predicted octanol–water partition coefficient (Wildman–Crippen LogP) is 3.18. The Labute approximate surface area is 178 Å². The van der Waals surface area contributed by atoms with Crippen LogP contribution in [-0.2, 0) is 9.53 Å². The minimum absolute atomic E-state index is 0.0852. The highest BCUT2D eigenvalue weighted by atomic mass is 16.5. The highest BCUT2D eigenvalue weighted by Gasteiger charge is 2.28. The molecule has 0 radical (unpaired) electrons. The van der Waals surface area contributed by atoms with E-state index in [9.17, 15) is 9.59 Å². The topological polar surface area (TPSA) is 105 Å². The zero-order chi connectivity index (χ0) is 21.8. The van der Waals surface area contributed by atoms with E-state index in [-0.39, 0.29) is 11.7 Å². The molecule has 3 aromatic rings. The number of anilines is 1. The van der Waals surface area contributed by atoms with Gasteiger partial charge in [0.1, 0.15) is 17.0 Å². The second-order valence-corrected chi connectivity index (χ2v) is 7.09. The van der Waals surface area contributed by atoms with E-state index in [1.54, 1.807) is 54.3 Å². The fraction of sp³-hybridized carbons (Fsp3) is 0.261. The third kappa shape index (κ3) is 4.37. The van der Waals surface area contributed by atoms with Crippen molar-refractivity contribution in [2.24, 2.45) is 0 Å². The number of benzene rings is 2. The van der Waals surface area contributed by atoms with Crippen LogP contribution in [0.1, 0.15) is 23.0 Å². The van der Waals surface area contributed by atoms with Crippen molar-refractivity contribution in [3.8, 4) is 11.8 Å². The number of fused-ring (bicyclic) bond motifs is 1. The van der Waals surface area contributed by atoms with Gasteiger partial charge in [0.2, 0.25) is 5.76 Å². The molecule has 1 fully saturated rings. The minimum atomic E-state index is -0.840. The van der Waals surface area contributed by atoms with Gasteiger partial charge in [0.05, 0.1) is 24.8 Å². The first-order valence-corrected chi connectivity index (χ1v) is 9.93. The summed E-state index contributed by atoms with van der Waals surface area (Å²) in [6.07, 6.45) is -0.840. The molecule has 1 N–H and O–H groups in total. The molecule has 1 aromatic heterocycles. The smallest absolute Gasteiger partial charge is 0.291 e. The standard InChI is InChI=1S/C23H21N3O5/c1-15(30-17-8-6-16(14-24)7-9-17)22(27)25-20-18-4-2-3-5-19(18)31-21(20)23(28)26-10-12-29-13-11-26/h2-9,15H,10-13H2,1H3,(H,25,27). The van der Waals surface area contributed by atoms with Crippen LogP contribution >= 0.6 is 0 Å². The van der Waals surface area contributed by atoms with Gasteiger partial charge in [-0.3, -0.25) is 9.59 Å². The summed E-state index contributed by atoms with van der Waals surface area (Å²) in [6, 6.07) is 15.7. The van der Waals surface area contributed by atoms with Gasteiger partial charge in [0.15, 0.2) is 6.10 Å². The Hall–Kier alpha value is -3.83. The Morgan fingerprint density at radius 2 is 1.84 bits per heavy atom. The fourth-order valence-electron chi connectivity index (χ4n) is 3.32. The van der Waals surface area contributed by atoms with Gasteiger partial charge in [-0.05, 0) is 43.3 Å². The molecule has 1 saturated heterocycles. The first kappa shape index (κ1) is 20.4. The lowest BCUT2D eigenvalue weighted by Crippen LogP contribution is -2.41. The molecule has 1 aliphatic rings. The Morgan fingerprint density at radius 3 is 2.55 bits per heavy atom. The van der Waals surface area contributed by atoms with Crippen LogP contribution in [0.25, 0.3) is 11.0 Å². The molecule has 2 amide bonds. The van der Waals surface area contributed by atoms with Crippen molar-refractivity contribution >= 4 is 28.5 Å². The summed E-state index contributed by atoms with van der Waals surface area (Å²) in [4.78, 5) is 27.6. The molecular weight excluding hydrogens is 398 g/mol. The van der Waals surface area contributed by atoms with Gasteiger partial charge in [-0.15, -0.1) is 0 Å². The number of carbonyl (C=O) groups is 2. The van der Waals surface area contributed by atoms with Crippen molar-refractivity contribution < 1.29 is 23.5 Å². The molecule has 0 saturated carbocycles. The number of para-hydroxylation sites is 1. The summed E-state index contributed by atoms with van der Waals surface area (Å²) in [7, 11) is 0. The van der Waals surface area contributed by atoms with Gasteiger partial charge in [0.25, 0.3) is 11.8 Å². The summed E-state index contributed by atoms with van der Waals surface area (Å²) >= 11 is 0. The summed E-state index contributed by atoms with van der Waals surface area (Å²) in [5.74, 6) is -0.173. The third-order valence-electron chi connectivity index (χ3n) is 5.00. The van der Waals surface area contributed by atoms with Crippen molar-refractivity contribution in [1.29, 1.82) is 5.26 Å². The van der Waals surface area contributed by atoms with Crippen LogP contribution in [0.4, 0.5) is 5.69 Å². The molecule has 1 unspecified atom stereocenters. The normalized spacial score (nSPS) is 14.6. The van der Waals surface area contributed by atoms with Crippen LogP contribution < -0.4 is 10.1 Å². The quantitative estimate of drug-likeness (QED) is 0.681. The zero-order valence-electron chi connectivity index (χ0n) is 17.0. The monoisotopic (exact) mass is 419 g/mol. The van der Waals surface area contributed by atoms with E-state index in [2.05, 4.69) is 5.32 Å². The number of nitrogens with zero attached hydrogens (tertiary/aromatic N) is 2.